The van der Waals surface area contributed by atoms with Crippen molar-refractivity contribution in [3.63, 3.8) is 0 Å². The quantitative estimate of drug-likeness (QED) is 0.379. The van der Waals surface area contributed by atoms with E-state index in [0.29, 0.717) is 11.3 Å². The van der Waals surface area contributed by atoms with Crippen molar-refractivity contribution < 1.29 is 28.7 Å². The van der Waals surface area contributed by atoms with Crippen LogP contribution in [0.1, 0.15) is 27.4 Å². The molecule has 2 aromatic carbocycles. The molecule has 2 aromatic rings. The first-order valence-corrected chi connectivity index (χ1v) is 12.4. The number of esters is 2. The monoisotopic (exact) mass is 571 g/mol. The third kappa shape index (κ3) is 5.95. The molecule has 1 aliphatic heterocycles. The predicted octanol–water partition coefficient (Wildman–Crippen LogP) is 3.65. The maximum absolute atomic E-state index is 12.9. The average Bonchev–Trinajstić information content (AvgIpc) is 2.88. The van der Waals surface area contributed by atoms with Gasteiger partial charge in [-0.1, -0.05) is 39.8 Å². The number of thioether (sulfide) groups is 1. The van der Waals surface area contributed by atoms with Crippen molar-refractivity contribution in [3.8, 4) is 6.07 Å². The van der Waals surface area contributed by atoms with Crippen LogP contribution in [0.4, 0.5) is 5.69 Å². The van der Waals surface area contributed by atoms with Crippen LogP contribution in [0.2, 0.25) is 0 Å². The molecule has 2 atom stereocenters. The lowest BCUT2D eigenvalue weighted by molar-refractivity contribution is -0.150. The van der Waals surface area contributed by atoms with Crippen LogP contribution < -0.4 is 10.6 Å². The van der Waals surface area contributed by atoms with Crippen molar-refractivity contribution in [2.45, 2.75) is 12.8 Å². The SMILES string of the molecule is COC(=O)c1ccc([C@@H]2C(C#N)=C(SCC(=O)Nc3ccc(Br)c(C)c3)NC(=O)[C@H]2C(=O)OC)cc1. The molecular formula is C25H22BrN3O6S. The van der Waals surface area contributed by atoms with Crippen molar-refractivity contribution in [1.82, 2.24) is 5.32 Å². The minimum atomic E-state index is -1.32. The number of rotatable bonds is 7. The van der Waals surface area contributed by atoms with Gasteiger partial charge in [0, 0.05) is 16.1 Å². The molecule has 0 saturated heterocycles. The summed E-state index contributed by atoms with van der Waals surface area (Å²) in [5.74, 6) is -4.74. The summed E-state index contributed by atoms with van der Waals surface area (Å²) < 4.78 is 10.4. The Kier molecular flexibility index (Phi) is 8.90. The summed E-state index contributed by atoms with van der Waals surface area (Å²) in [6, 6.07) is 13.5. The lowest BCUT2D eigenvalue weighted by Gasteiger charge is -2.31. The Balaban J connectivity index is 1.90. The highest BCUT2D eigenvalue weighted by Crippen LogP contribution is 2.40. The van der Waals surface area contributed by atoms with Crippen LogP contribution in [0, 0.1) is 24.2 Å². The third-order valence-corrected chi connectivity index (χ3v) is 7.37. The number of carbonyl (C=O) groups excluding carboxylic acids is 4. The Morgan fingerprint density at radius 1 is 1.14 bits per heavy atom. The zero-order valence-electron chi connectivity index (χ0n) is 19.6. The van der Waals surface area contributed by atoms with Crippen molar-refractivity contribution in [2.75, 3.05) is 25.3 Å². The maximum atomic E-state index is 12.9. The van der Waals surface area contributed by atoms with Gasteiger partial charge in [0.05, 0.1) is 42.2 Å². The highest BCUT2D eigenvalue weighted by Gasteiger charge is 2.44. The molecule has 36 heavy (non-hydrogen) atoms. The summed E-state index contributed by atoms with van der Waals surface area (Å²) in [6.45, 7) is 1.89. The molecule has 0 fully saturated rings. The Hall–Kier alpha value is -3.62. The second kappa shape index (κ2) is 11.9. The number of carbonyl (C=O) groups is 4. The molecule has 0 bridgehead atoms. The molecule has 0 aliphatic carbocycles. The van der Waals surface area contributed by atoms with Crippen LogP contribution in [0.5, 0.6) is 0 Å². The van der Waals surface area contributed by atoms with Gasteiger partial charge in [0.2, 0.25) is 11.8 Å². The summed E-state index contributed by atoms with van der Waals surface area (Å²) in [5.41, 5.74) is 2.39. The summed E-state index contributed by atoms with van der Waals surface area (Å²) >= 11 is 4.39. The molecule has 0 saturated carbocycles. The lowest BCUT2D eigenvalue weighted by atomic mass is 9.78. The largest absolute Gasteiger partial charge is 0.468 e. The van der Waals surface area contributed by atoms with Gasteiger partial charge in [0.1, 0.15) is 5.92 Å². The number of amides is 2. The fourth-order valence-electron chi connectivity index (χ4n) is 3.68. The van der Waals surface area contributed by atoms with Crippen molar-refractivity contribution in [1.29, 1.82) is 5.26 Å². The van der Waals surface area contributed by atoms with E-state index in [9.17, 15) is 24.4 Å². The van der Waals surface area contributed by atoms with Crippen LogP contribution in [0.15, 0.2) is 57.5 Å². The smallest absolute Gasteiger partial charge is 0.337 e. The highest BCUT2D eigenvalue weighted by molar-refractivity contribution is 9.10. The van der Waals surface area contributed by atoms with Crippen LogP contribution in [-0.4, -0.2) is 43.7 Å². The Labute approximate surface area is 220 Å². The highest BCUT2D eigenvalue weighted by atomic mass is 79.9. The number of nitriles is 1. The van der Waals surface area contributed by atoms with Crippen molar-refractivity contribution >= 4 is 57.1 Å². The zero-order valence-corrected chi connectivity index (χ0v) is 22.0. The molecule has 1 heterocycles. The van der Waals surface area contributed by atoms with E-state index in [0.717, 1.165) is 28.9 Å². The second-order valence-electron chi connectivity index (χ2n) is 7.74. The number of ether oxygens (including phenoxy) is 2. The van der Waals surface area contributed by atoms with Crippen LogP contribution in [0.25, 0.3) is 0 Å². The standard InChI is InChI=1S/C25H22BrN3O6S/c1-13-10-16(8-9-18(13)26)28-19(30)12-36-23-17(11-27)20(21(22(31)29-23)25(33)35-3)14-4-6-15(7-5-14)24(32)34-2/h4-10,20-21H,12H2,1-3H3,(H,28,30)(H,29,31)/t20-,21+/m1/s1. The van der Waals surface area contributed by atoms with E-state index in [1.807, 2.05) is 19.1 Å². The van der Waals surface area contributed by atoms with E-state index in [-0.39, 0.29) is 27.8 Å². The first kappa shape index (κ1) is 27.0. The number of anilines is 1. The van der Waals surface area contributed by atoms with Gasteiger partial charge in [0.25, 0.3) is 0 Å². The molecule has 186 valence electrons. The Bertz CT molecular complexity index is 1290. The predicted molar refractivity (Wildman–Crippen MR) is 137 cm³/mol. The molecule has 9 nitrogen and oxygen atoms in total. The van der Waals surface area contributed by atoms with Gasteiger partial charge >= 0.3 is 11.9 Å². The van der Waals surface area contributed by atoms with Gasteiger partial charge in [-0.2, -0.15) is 5.26 Å². The minimum absolute atomic E-state index is 0.0905. The van der Waals surface area contributed by atoms with E-state index in [2.05, 4.69) is 32.6 Å². The second-order valence-corrected chi connectivity index (χ2v) is 9.58. The number of methoxy groups -OCH3 is 2. The molecule has 11 heteroatoms. The Morgan fingerprint density at radius 3 is 2.42 bits per heavy atom. The van der Waals surface area contributed by atoms with Gasteiger partial charge in [-0.05, 0) is 48.4 Å². The molecule has 0 radical (unpaired) electrons. The van der Waals surface area contributed by atoms with Crippen LogP contribution in [-0.2, 0) is 23.9 Å². The maximum Gasteiger partial charge on any atom is 0.337 e. The fourth-order valence-corrected chi connectivity index (χ4v) is 4.78. The van der Waals surface area contributed by atoms with Crippen molar-refractivity contribution in [2.24, 2.45) is 5.92 Å². The van der Waals surface area contributed by atoms with E-state index in [1.165, 1.54) is 19.2 Å². The minimum Gasteiger partial charge on any atom is -0.468 e. The van der Waals surface area contributed by atoms with E-state index in [4.69, 9.17) is 9.47 Å². The first-order valence-electron chi connectivity index (χ1n) is 10.6. The molecule has 3 rings (SSSR count). The molecule has 0 spiro atoms. The normalized spacial score (nSPS) is 17.0. The summed E-state index contributed by atoms with van der Waals surface area (Å²) in [6.07, 6.45) is 0. The lowest BCUT2D eigenvalue weighted by Crippen LogP contribution is -2.44. The fraction of sp³-hybridized carbons (Fsp3) is 0.240. The third-order valence-electron chi connectivity index (χ3n) is 5.46. The number of nitrogens with one attached hydrogen (secondary N) is 2. The summed E-state index contributed by atoms with van der Waals surface area (Å²) in [7, 11) is 2.41. The molecule has 1 aliphatic rings. The molecule has 0 aromatic heterocycles. The number of nitrogens with zero attached hydrogens (tertiary/aromatic N) is 1. The number of hydrogen-bond donors (Lipinski definition) is 2. The van der Waals surface area contributed by atoms with Gasteiger partial charge < -0.3 is 20.1 Å². The zero-order chi connectivity index (χ0) is 26.4. The number of aryl methyl sites for hydroxylation is 1. The molecule has 0 unspecified atom stereocenters. The summed E-state index contributed by atoms with van der Waals surface area (Å²) in [5, 5.41) is 15.5. The van der Waals surface area contributed by atoms with E-state index in [1.54, 1.807) is 18.2 Å². The van der Waals surface area contributed by atoms with E-state index >= 15 is 0 Å². The van der Waals surface area contributed by atoms with Crippen LogP contribution in [0.3, 0.4) is 0 Å². The number of allylic oxidation sites excluding steroid dienone is 1. The molecule has 2 N–H and O–H groups in total. The van der Waals surface area contributed by atoms with Crippen molar-refractivity contribution in [3.05, 3.63) is 74.2 Å². The van der Waals surface area contributed by atoms with Gasteiger partial charge in [-0.15, -0.1) is 0 Å². The Morgan fingerprint density at radius 2 is 1.83 bits per heavy atom. The van der Waals surface area contributed by atoms with Gasteiger partial charge in [-0.25, -0.2) is 4.79 Å². The molecule has 2 amide bonds. The topological polar surface area (TPSA) is 135 Å². The number of hydrogen-bond acceptors (Lipinski definition) is 8. The average molecular weight is 572 g/mol. The van der Waals surface area contributed by atoms with Gasteiger partial charge in [-0.3, -0.25) is 14.4 Å². The number of benzene rings is 2. The summed E-state index contributed by atoms with van der Waals surface area (Å²) in [4.78, 5) is 49.8. The molecular weight excluding hydrogens is 550 g/mol. The number of halogens is 1. The van der Waals surface area contributed by atoms with E-state index < -0.39 is 29.7 Å². The van der Waals surface area contributed by atoms with Gasteiger partial charge in [0.15, 0.2) is 0 Å². The first-order chi connectivity index (χ1) is 17.2. The van der Waals surface area contributed by atoms with Crippen LogP contribution >= 0.6 is 27.7 Å².